The Morgan fingerprint density at radius 2 is 2.11 bits per heavy atom. The largest absolute Gasteiger partial charge is 0.298 e. The fraction of sp³-hybridized carbons (Fsp3) is 0.0714. The van der Waals surface area contributed by atoms with E-state index in [2.05, 4.69) is 32.2 Å². The highest BCUT2D eigenvalue weighted by Crippen LogP contribution is 2.15. The molecule has 3 rings (SSSR count). The van der Waals surface area contributed by atoms with Gasteiger partial charge in [0.05, 0.1) is 0 Å². The Bertz CT molecular complexity index is 751. The highest BCUT2D eigenvalue weighted by molar-refractivity contribution is 9.10. The van der Waals surface area contributed by atoms with E-state index in [1.165, 1.54) is 0 Å². The van der Waals surface area contributed by atoms with Crippen LogP contribution in [0.5, 0.6) is 0 Å². The van der Waals surface area contributed by atoms with Gasteiger partial charge in [0, 0.05) is 22.7 Å². The Morgan fingerprint density at radius 1 is 1.21 bits per heavy atom. The van der Waals surface area contributed by atoms with E-state index in [4.69, 9.17) is 0 Å². The van der Waals surface area contributed by atoms with Gasteiger partial charge in [0.25, 0.3) is 0 Å². The van der Waals surface area contributed by atoms with Crippen molar-refractivity contribution >= 4 is 27.9 Å². The summed E-state index contributed by atoms with van der Waals surface area (Å²) in [7, 11) is 0. The van der Waals surface area contributed by atoms with Crippen LogP contribution in [-0.2, 0) is 6.42 Å². The molecule has 0 radical (unpaired) electrons. The van der Waals surface area contributed by atoms with Gasteiger partial charge in [0.15, 0.2) is 5.65 Å². The number of pyridine rings is 1. The smallest absolute Gasteiger partial charge is 0.161 e. The molecule has 0 aliphatic rings. The van der Waals surface area contributed by atoms with Crippen molar-refractivity contribution < 1.29 is 4.79 Å². The van der Waals surface area contributed by atoms with Crippen molar-refractivity contribution in [3.05, 3.63) is 64.0 Å². The highest BCUT2D eigenvalue weighted by atomic mass is 79.9. The third-order valence-electron chi connectivity index (χ3n) is 2.89. The molecule has 4 nitrogen and oxygen atoms in total. The molecule has 0 aliphatic carbocycles. The van der Waals surface area contributed by atoms with Gasteiger partial charge in [-0.05, 0) is 29.8 Å². The van der Waals surface area contributed by atoms with E-state index in [9.17, 15) is 4.79 Å². The SMILES string of the molecule is O=Cc1ccn2c(Cc3cccc(Br)c3)nnc2c1. The van der Waals surface area contributed by atoms with Crippen molar-refractivity contribution in [3.63, 3.8) is 0 Å². The summed E-state index contributed by atoms with van der Waals surface area (Å²) in [5.74, 6) is 0.852. The molecule has 0 atom stereocenters. The summed E-state index contributed by atoms with van der Waals surface area (Å²) in [6.45, 7) is 0. The van der Waals surface area contributed by atoms with Crippen LogP contribution in [0.1, 0.15) is 21.7 Å². The predicted molar refractivity (Wildman–Crippen MR) is 75.3 cm³/mol. The number of nitrogens with zero attached hydrogens (tertiary/aromatic N) is 3. The Balaban J connectivity index is 1.99. The second-order valence-electron chi connectivity index (χ2n) is 4.23. The molecule has 0 unspecified atom stereocenters. The molecule has 0 bridgehead atoms. The van der Waals surface area contributed by atoms with E-state index in [-0.39, 0.29) is 0 Å². The maximum absolute atomic E-state index is 10.7. The van der Waals surface area contributed by atoms with Crippen molar-refractivity contribution in [2.45, 2.75) is 6.42 Å². The fourth-order valence-corrected chi connectivity index (χ4v) is 2.43. The molecule has 0 saturated heterocycles. The van der Waals surface area contributed by atoms with Crippen LogP contribution < -0.4 is 0 Å². The molecule has 0 N–H and O–H groups in total. The summed E-state index contributed by atoms with van der Waals surface area (Å²) in [5, 5.41) is 8.27. The maximum Gasteiger partial charge on any atom is 0.161 e. The molecule has 0 saturated carbocycles. The number of halogens is 1. The van der Waals surface area contributed by atoms with Crippen LogP contribution in [0.15, 0.2) is 47.1 Å². The number of carbonyl (C=O) groups excluding carboxylic acids is 1. The van der Waals surface area contributed by atoms with Crippen LogP contribution >= 0.6 is 15.9 Å². The fourth-order valence-electron chi connectivity index (χ4n) is 1.98. The summed E-state index contributed by atoms with van der Waals surface area (Å²) in [5.41, 5.74) is 2.45. The lowest BCUT2D eigenvalue weighted by Crippen LogP contribution is -1.96. The molecule has 2 aromatic heterocycles. The molecule has 0 spiro atoms. The molecule has 1 aromatic carbocycles. The van der Waals surface area contributed by atoms with E-state index >= 15 is 0 Å². The van der Waals surface area contributed by atoms with Crippen molar-refractivity contribution in [3.8, 4) is 0 Å². The molecule has 5 heteroatoms. The standard InChI is InChI=1S/C14H10BrN3O/c15-12-3-1-2-10(6-12)7-13-16-17-14-8-11(9-19)4-5-18(13)14/h1-6,8-9H,7H2. The molecule has 0 aliphatic heterocycles. The van der Waals surface area contributed by atoms with E-state index in [1.807, 2.05) is 28.8 Å². The first-order chi connectivity index (χ1) is 9.26. The first-order valence-electron chi connectivity index (χ1n) is 5.79. The van der Waals surface area contributed by atoms with E-state index in [1.54, 1.807) is 12.1 Å². The molecule has 0 amide bonds. The van der Waals surface area contributed by atoms with Crippen LogP contribution in [0.3, 0.4) is 0 Å². The minimum atomic E-state index is 0.605. The van der Waals surface area contributed by atoms with Gasteiger partial charge in [-0.15, -0.1) is 10.2 Å². The molecular weight excluding hydrogens is 306 g/mol. The maximum atomic E-state index is 10.7. The van der Waals surface area contributed by atoms with Crippen LogP contribution in [0.4, 0.5) is 0 Å². The van der Waals surface area contributed by atoms with Gasteiger partial charge in [-0.25, -0.2) is 0 Å². The van der Waals surface area contributed by atoms with Gasteiger partial charge in [0.1, 0.15) is 12.1 Å². The predicted octanol–water partition coefficient (Wildman–Crippen LogP) is 2.90. The van der Waals surface area contributed by atoms with Crippen LogP contribution in [-0.4, -0.2) is 20.9 Å². The number of fused-ring (bicyclic) bond motifs is 1. The van der Waals surface area contributed by atoms with Gasteiger partial charge in [-0.1, -0.05) is 28.1 Å². The number of hydrogen-bond donors (Lipinski definition) is 0. The topological polar surface area (TPSA) is 47.3 Å². The summed E-state index contributed by atoms with van der Waals surface area (Å²) < 4.78 is 2.94. The van der Waals surface area contributed by atoms with Crippen molar-refractivity contribution in [1.29, 1.82) is 0 Å². The normalized spacial score (nSPS) is 10.8. The Hall–Kier alpha value is -2.01. The number of carbonyl (C=O) groups is 1. The average Bonchev–Trinajstić information content (AvgIpc) is 2.81. The Morgan fingerprint density at radius 3 is 2.89 bits per heavy atom. The monoisotopic (exact) mass is 315 g/mol. The zero-order valence-electron chi connectivity index (χ0n) is 9.95. The average molecular weight is 316 g/mol. The van der Waals surface area contributed by atoms with Gasteiger partial charge in [0.2, 0.25) is 0 Å². The van der Waals surface area contributed by atoms with Crippen LogP contribution in [0, 0.1) is 0 Å². The van der Waals surface area contributed by atoms with E-state index in [0.29, 0.717) is 17.6 Å². The highest BCUT2D eigenvalue weighted by Gasteiger charge is 2.07. The number of benzene rings is 1. The van der Waals surface area contributed by atoms with Gasteiger partial charge >= 0.3 is 0 Å². The molecule has 19 heavy (non-hydrogen) atoms. The quantitative estimate of drug-likeness (QED) is 0.698. The molecular formula is C14H10BrN3O. The molecule has 94 valence electrons. The van der Waals surface area contributed by atoms with Crippen LogP contribution in [0.2, 0.25) is 0 Å². The number of rotatable bonds is 3. The minimum Gasteiger partial charge on any atom is -0.298 e. The lowest BCUT2D eigenvalue weighted by Gasteiger charge is -2.01. The summed E-state index contributed by atoms with van der Waals surface area (Å²) >= 11 is 3.45. The zero-order valence-corrected chi connectivity index (χ0v) is 11.5. The lowest BCUT2D eigenvalue weighted by molar-refractivity contribution is 0.112. The number of aromatic nitrogens is 3. The third-order valence-corrected chi connectivity index (χ3v) is 3.39. The first kappa shape index (κ1) is 12.0. The van der Waals surface area contributed by atoms with Crippen molar-refractivity contribution in [2.75, 3.05) is 0 Å². The van der Waals surface area contributed by atoms with Gasteiger partial charge < -0.3 is 0 Å². The Labute approximate surface area is 118 Å². The number of hydrogen-bond acceptors (Lipinski definition) is 3. The van der Waals surface area contributed by atoms with E-state index < -0.39 is 0 Å². The molecule has 0 fully saturated rings. The third kappa shape index (κ3) is 2.42. The van der Waals surface area contributed by atoms with Gasteiger partial charge in [-0.3, -0.25) is 9.20 Å². The Kier molecular flexibility index (Phi) is 3.13. The second-order valence-corrected chi connectivity index (χ2v) is 5.14. The van der Waals surface area contributed by atoms with E-state index in [0.717, 1.165) is 22.1 Å². The second kappa shape index (κ2) is 4.93. The van der Waals surface area contributed by atoms with Gasteiger partial charge in [-0.2, -0.15) is 0 Å². The van der Waals surface area contributed by atoms with Crippen molar-refractivity contribution in [2.24, 2.45) is 0 Å². The summed E-state index contributed by atoms with van der Waals surface area (Å²) in [6, 6.07) is 11.6. The zero-order chi connectivity index (χ0) is 13.2. The van der Waals surface area contributed by atoms with Crippen molar-refractivity contribution in [1.82, 2.24) is 14.6 Å². The summed E-state index contributed by atoms with van der Waals surface area (Å²) in [4.78, 5) is 10.7. The minimum absolute atomic E-state index is 0.605. The number of aldehydes is 1. The molecule has 3 aromatic rings. The molecule has 2 heterocycles. The first-order valence-corrected chi connectivity index (χ1v) is 6.59. The summed E-state index contributed by atoms with van der Waals surface area (Å²) in [6.07, 6.45) is 3.33. The van der Waals surface area contributed by atoms with Crippen LogP contribution in [0.25, 0.3) is 5.65 Å². The lowest BCUT2D eigenvalue weighted by atomic mass is 10.1.